The van der Waals surface area contributed by atoms with E-state index in [-0.39, 0.29) is 25.8 Å². The molecule has 0 spiro atoms. The van der Waals surface area contributed by atoms with Gasteiger partial charge in [-0.25, -0.2) is 4.57 Å². The van der Waals surface area contributed by atoms with Crippen LogP contribution in [0.2, 0.25) is 0 Å². The van der Waals surface area contributed by atoms with Gasteiger partial charge in [0.2, 0.25) is 0 Å². The van der Waals surface area contributed by atoms with Crippen LogP contribution in [0.3, 0.4) is 0 Å². The maximum atomic E-state index is 12.6. The number of quaternary nitrogens is 1. The number of allylic oxidation sites excluding steroid dienone is 2. The first-order valence-corrected chi connectivity index (χ1v) is 21.4. The zero-order chi connectivity index (χ0) is 35.6. The van der Waals surface area contributed by atoms with Gasteiger partial charge in [-0.05, 0) is 32.1 Å². The fourth-order valence-corrected chi connectivity index (χ4v) is 6.18. The first-order valence-electron chi connectivity index (χ1n) is 19.9. The second-order valence-electron chi connectivity index (χ2n) is 14.7. The molecule has 286 valence electrons. The van der Waals surface area contributed by atoms with Crippen LogP contribution in [0.4, 0.5) is 0 Å². The molecule has 0 aromatic heterocycles. The third-order valence-corrected chi connectivity index (χ3v) is 9.54. The Morgan fingerprint density at radius 1 is 0.625 bits per heavy atom. The molecule has 0 radical (unpaired) electrons. The molecule has 0 aromatic rings. The van der Waals surface area contributed by atoms with Crippen LogP contribution in [-0.2, 0) is 27.9 Å². The number of ether oxygens (including phenoxy) is 2. The SMILES string of the molecule is CCC/C=C\CCCCCCCC(=O)OC(COCCCCCCCCCCCCCCCCCC)COP(=O)(O)OCC[N+](C)(C)C. The third-order valence-electron chi connectivity index (χ3n) is 8.56. The molecule has 1 N–H and O–H groups in total. The van der Waals surface area contributed by atoms with Crippen molar-refractivity contribution in [2.24, 2.45) is 0 Å². The van der Waals surface area contributed by atoms with Crippen molar-refractivity contribution in [3.05, 3.63) is 12.2 Å². The lowest BCUT2D eigenvalue weighted by Gasteiger charge is -2.24. The van der Waals surface area contributed by atoms with Crippen LogP contribution in [0.25, 0.3) is 0 Å². The smallest absolute Gasteiger partial charge is 0.457 e. The minimum atomic E-state index is -4.26. The Labute approximate surface area is 297 Å². The molecule has 0 fully saturated rings. The Bertz CT molecular complexity index is 787. The number of rotatable bonds is 37. The molecule has 0 heterocycles. The van der Waals surface area contributed by atoms with Gasteiger partial charge in [0, 0.05) is 13.0 Å². The highest BCUT2D eigenvalue weighted by Crippen LogP contribution is 2.43. The van der Waals surface area contributed by atoms with E-state index in [4.69, 9.17) is 18.5 Å². The van der Waals surface area contributed by atoms with E-state index in [9.17, 15) is 14.3 Å². The summed E-state index contributed by atoms with van der Waals surface area (Å²) in [5, 5.41) is 0. The number of phosphoric ester groups is 1. The molecule has 0 aliphatic rings. The summed E-state index contributed by atoms with van der Waals surface area (Å²) in [7, 11) is 1.67. The molecule has 0 saturated heterocycles. The zero-order valence-corrected chi connectivity index (χ0v) is 33.1. The molecule has 2 atom stereocenters. The number of carbonyl (C=O) groups excluding carboxylic acids is 1. The summed E-state index contributed by atoms with van der Waals surface area (Å²) in [5.74, 6) is -0.323. The molecule has 2 unspecified atom stereocenters. The number of nitrogens with zero attached hydrogens (tertiary/aromatic N) is 1. The molecule has 0 rings (SSSR count). The summed E-state index contributed by atoms with van der Waals surface area (Å²) in [5.41, 5.74) is 0. The van der Waals surface area contributed by atoms with Crippen molar-refractivity contribution < 1.29 is 37.3 Å². The van der Waals surface area contributed by atoms with Gasteiger partial charge in [0.05, 0.1) is 34.4 Å². The van der Waals surface area contributed by atoms with Gasteiger partial charge in [0.15, 0.2) is 0 Å². The van der Waals surface area contributed by atoms with Crippen LogP contribution in [-0.4, -0.2) is 75.6 Å². The van der Waals surface area contributed by atoms with Gasteiger partial charge in [-0.2, -0.15) is 0 Å². The highest BCUT2D eigenvalue weighted by atomic mass is 31.2. The van der Waals surface area contributed by atoms with E-state index in [1.807, 2.05) is 21.1 Å². The molecule has 0 amide bonds. The average Bonchev–Trinajstić information content (AvgIpc) is 3.03. The van der Waals surface area contributed by atoms with E-state index in [1.54, 1.807) is 0 Å². The van der Waals surface area contributed by atoms with Crippen molar-refractivity contribution in [1.29, 1.82) is 0 Å². The van der Waals surface area contributed by atoms with Crippen molar-refractivity contribution in [2.45, 2.75) is 180 Å². The maximum Gasteiger partial charge on any atom is 0.472 e. The normalized spacial score (nSPS) is 14.0. The average molecular weight is 705 g/mol. The Morgan fingerprint density at radius 3 is 1.67 bits per heavy atom. The lowest BCUT2D eigenvalue weighted by Crippen LogP contribution is -2.37. The first-order chi connectivity index (χ1) is 23.1. The molecule has 9 heteroatoms. The number of unbranched alkanes of at least 4 members (excludes halogenated alkanes) is 21. The summed E-state index contributed by atoms with van der Waals surface area (Å²) >= 11 is 0. The summed E-state index contributed by atoms with van der Waals surface area (Å²) in [4.78, 5) is 22.7. The summed E-state index contributed by atoms with van der Waals surface area (Å²) in [6.45, 7) is 5.57. The second-order valence-corrected chi connectivity index (χ2v) is 16.1. The first kappa shape index (κ1) is 47.2. The van der Waals surface area contributed by atoms with E-state index in [2.05, 4.69) is 26.0 Å². The highest BCUT2D eigenvalue weighted by Gasteiger charge is 2.26. The lowest BCUT2D eigenvalue weighted by molar-refractivity contribution is -0.870. The van der Waals surface area contributed by atoms with Gasteiger partial charge in [0.1, 0.15) is 19.3 Å². The van der Waals surface area contributed by atoms with Gasteiger partial charge < -0.3 is 18.9 Å². The van der Waals surface area contributed by atoms with Crippen molar-refractivity contribution in [3.8, 4) is 0 Å². The Kier molecular flexibility index (Phi) is 32.9. The van der Waals surface area contributed by atoms with Gasteiger partial charge in [-0.3, -0.25) is 13.8 Å². The number of esters is 1. The summed E-state index contributed by atoms with van der Waals surface area (Å²) in [6, 6.07) is 0. The number of carbonyl (C=O) groups is 1. The molecular formula is C39H79NO7P+. The van der Waals surface area contributed by atoms with Gasteiger partial charge in [-0.1, -0.05) is 148 Å². The van der Waals surface area contributed by atoms with Gasteiger partial charge in [-0.15, -0.1) is 0 Å². The second kappa shape index (κ2) is 33.4. The van der Waals surface area contributed by atoms with Crippen LogP contribution in [0.1, 0.15) is 174 Å². The van der Waals surface area contributed by atoms with Crippen LogP contribution in [0, 0.1) is 0 Å². The minimum absolute atomic E-state index is 0.0898. The Morgan fingerprint density at radius 2 is 1.12 bits per heavy atom. The monoisotopic (exact) mass is 705 g/mol. The van der Waals surface area contributed by atoms with Crippen molar-refractivity contribution in [1.82, 2.24) is 0 Å². The largest absolute Gasteiger partial charge is 0.472 e. The number of hydrogen-bond donors (Lipinski definition) is 1. The summed E-state index contributed by atoms with van der Waals surface area (Å²) < 4.78 is 34.8. The van der Waals surface area contributed by atoms with Crippen LogP contribution >= 0.6 is 7.82 Å². The lowest BCUT2D eigenvalue weighted by atomic mass is 10.0. The van der Waals surface area contributed by atoms with Crippen LogP contribution < -0.4 is 0 Å². The molecule has 0 aliphatic carbocycles. The standard InChI is InChI=1S/C39H78NO7P/c1-6-8-10-12-14-16-18-19-20-21-22-23-25-27-29-31-34-44-36-38(37-46-48(42,43)45-35-33-40(3,4)5)47-39(41)32-30-28-26-24-17-15-13-11-9-7-2/h11,13,38H,6-10,12,14-37H2,1-5H3/p+1/b13-11-. The van der Waals surface area contributed by atoms with Crippen molar-refractivity contribution in [2.75, 3.05) is 54.1 Å². The number of likely N-dealkylation sites (N-methyl/N-ethyl adjacent to an activating group) is 1. The Balaban J connectivity index is 4.21. The Hall–Kier alpha value is -0.760. The minimum Gasteiger partial charge on any atom is -0.457 e. The molecule has 0 saturated carbocycles. The van der Waals surface area contributed by atoms with Crippen LogP contribution in [0.15, 0.2) is 12.2 Å². The molecular weight excluding hydrogens is 625 g/mol. The fourth-order valence-electron chi connectivity index (χ4n) is 5.44. The zero-order valence-electron chi connectivity index (χ0n) is 32.2. The van der Waals surface area contributed by atoms with Gasteiger partial charge >= 0.3 is 13.8 Å². The molecule has 48 heavy (non-hydrogen) atoms. The summed E-state index contributed by atoms with van der Waals surface area (Å²) in [6.07, 6.45) is 33.8. The van der Waals surface area contributed by atoms with Crippen LogP contribution in [0.5, 0.6) is 0 Å². The molecule has 0 bridgehead atoms. The van der Waals surface area contributed by atoms with E-state index < -0.39 is 13.9 Å². The quantitative estimate of drug-likeness (QED) is 0.0226. The number of phosphoric acid groups is 1. The predicted octanol–water partition coefficient (Wildman–Crippen LogP) is 11.1. The number of hydrogen-bond acceptors (Lipinski definition) is 6. The molecule has 0 aliphatic heterocycles. The van der Waals surface area contributed by atoms with Crippen molar-refractivity contribution in [3.63, 3.8) is 0 Å². The fraction of sp³-hybridized carbons (Fsp3) is 0.923. The van der Waals surface area contributed by atoms with Crippen molar-refractivity contribution >= 4 is 13.8 Å². The van der Waals surface area contributed by atoms with E-state index >= 15 is 0 Å². The van der Waals surface area contributed by atoms with E-state index in [1.165, 1.54) is 103 Å². The third kappa shape index (κ3) is 36.5. The van der Waals surface area contributed by atoms with E-state index in [0.717, 1.165) is 51.4 Å². The predicted molar refractivity (Wildman–Crippen MR) is 201 cm³/mol. The van der Waals surface area contributed by atoms with Gasteiger partial charge in [0.25, 0.3) is 0 Å². The molecule has 0 aromatic carbocycles. The maximum absolute atomic E-state index is 12.6. The topological polar surface area (TPSA) is 91.3 Å². The molecule has 8 nitrogen and oxygen atoms in total. The van der Waals surface area contributed by atoms with E-state index in [0.29, 0.717) is 24.1 Å². The highest BCUT2D eigenvalue weighted by molar-refractivity contribution is 7.47.